The number of rotatable bonds is 17. The zero-order chi connectivity index (χ0) is 71.0. The highest BCUT2D eigenvalue weighted by molar-refractivity contribution is 5.74. The molecule has 33 nitrogen and oxygen atoms in total. The van der Waals surface area contributed by atoms with Gasteiger partial charge in [0.2, 0.25) is 5.79 Å². The van der Waals surface area contributed by atoms with Gasteiger partial charge in [-0.3, -0.25) is 4.79 Å². The van der Waals surface area contributed by atoms with Crippen LogP contribution in [-0.2, 0) is 71.1 Å². The third kappa shape index (κ3) is 12.4. The average Bonchev–Trinajstić information content (AvgIpc) is 1.46. The van der Waals surface area contributed by atoms with E-state index in [2.05, 4.69) is 27.7 Å². The number of ether oxygens (including phenoxy) is 14. The molecule has 8 aliphatic heterocycles. The zero-order valence-corrected chi connectivity index (χ0v) is 56.0. The van der Waals surface area contributed by atoms with E-state index in [0.29, 0.717) is 32.1 Å². The summed E-state index contributed by atoms with van der Waals surface area (Å²) in [6, 6.07) is 0. The van der Waals surface area contributed by atoms with Crippen molar-refractivity contribution in [3.63, 3.8) is 0 Å². The van der Waals surface area contributed by atoms with E-state index in [1.807, 2.05) is 13.8 Å². The van der Waals surface area contributed by atoms with E-state index in [-0.39, 0.29) is 46.6 Å². The van der Waals surface area contributed by atoms with Crippen molar-refractivity contribution >= 4 is 5.97 Å². The van der Waals surface area contributed by atoms with E-state index in [1.165, 1.54) is 18.1 Å². The highest BCUT2D eigenvalue weighted by Crippen LogP contribution is 2.76. The topological polar surface area (TPSA) is 510 Å². The number of esters is 1. The number of carbonyl (C=O) groups excluding carboxylic acids is 1. The maximum Gasteiger partial charge on any atom is 0.311 e. The van der Waals surface area contributed by atoms with Crippen LogP contribution < -0.4 is 0 Å². The molecule has 8 saturated heterocycles. The predicted octanol–water partition coefficient (Wildman–Crippen LogP) is -5.86. The predicted molar refractivity (Wildman–Crippen MR) is 322 cm³/mol. The number of fused-ring (bicyclic) bond motifs is 5. The quantitative estimate of drug-likeness (QED) is 0.0476. The first kappa shape index (κ1) is 75.6. The fourth-order valence-corrected chi connectivity index (χ4v) is 19.3. The van der Waals surface area contributed by atoms with Gasteiger partial charge in [-0.05, 0) is 81.0 Å². The standard InChI is InChI=1S/C65H104O33/c1-24-16-64(97-53(24)84)17-25(2)65(98-64)15-14-62(6)28-8-9-34-60(4,27(28)10-13-63(62,65)7)12-11-35(61(34,5)23-69)92-55-47(82)44(79)40(75)33(91-55)22-86-57-50(37(72)29(70)21-85-57)95-59-52(96-54-46(81)42(77)36(71)26(3)87-54)49(41(76)32(20-68)90-59)93-58-51(45(80)39(74)31(19-67)89-58)94-56-48(83)43(78)38(73)30(18-66)88-56/h24-26,29-52,54-59,66-83H,8-23H2,1-7H3/t24-,25-,26-,29+,30+,31+,32+,33-,34+,35+,36-,37+,38-,39+,40+,41+,42+,43-,44-,45+,46+,47-,48+,49+,50-,51-,52+,54+,55-,56-,57+,58+,59-,60+,61-,62+,63-,64-,65+/m0/s1. The number of allylic oxidation sites excluding steroid dienone is 2. The summed E-state index contributed by atoms with van der Waals surface area (Å²) in [7, 11) is 0. The minimum absolute atomic E-state index is 0.126. The first-order valence-corrected chi connectivity index (χ1v) is 34.6. The van der Waals surface area contributed by atoms with Crippen molar-refractivity contribution in [1.82, 2.24) is 0 Å². The summed E-state index contributed by atoms with van der Waals surface area (Å²) in [5.74, 6) is -1.37. The highest BCUT2D eigenvalue weighted by atomic mass is 16.8. The Morgan fingerprint density at radius 1 is 0.480 bits per heavy atom. The average molecular weight is 1410 g/mol. The molecule has 10 fully saturated rings. The molecule has 0 amide bonds. The molecule has 12 rings (SSSR count). The number of aliphatic hydroxyl groups excluding tert-OH is 18. The van der Waals surface area contributed by atoms with E-state index < -0.39 is 234 Å². The normalized spacial score (nSPS) is 55.9. The second-order valence-corrected chi connectivity index (χ2v) is 30.8. The molecule has 0 aromatic heterocycles. The van der Waals surface area contributed by atoms with Gasteiger partial charge in [0.15, 0.2) is 37.7 Å². The SMILES string of the molecule is C[C@@H]1O[C@H](O[C@H]2[C@H](O[C@@H]3[C@@H](OC[C@@H]4O[C@@H](O[C@@H]5CC[C@]6(C)C7=C(CC[C@H]6[C@]5(C)CO)[C@@]5(C)CC[C@]6(O[C@@]8(C[C@H](C)C(=O)O8)C[C@@H]6C)[C@@]5(C)CC7)[C@@H](O)[C@@H](O)[C@@H]4O)OC[C@@H](O)[C@H]3O)O[C@H](CO)[C@@H](O)[C@H]2O[C@H]2O[C@H](CO)[C@@H](O)[C@@H](O)[C@@H]2O[C@@H]2O[C@H](CO)[C@H](O)[C@H](O)[C@H]2O)[C@H](O)[C@H](O)[C@H]1O. The van der Waals surface area contributed by atoms with Gasteiger partial charge in [-0.2, -0.15) is 0 Å². The lowest BCUT2D eigenvalue weighted by atomic mass is 9.42. The molecule has 0 aromatic carbocycles. The largest absolute Gasteiger partial charge is 0.433 e. The summed E-state index contributed by atoms with van der Waals surface area (Å²) in [4.78, 5) is 12.8. The first-order valence-electron chi connectivity index (χ1n) is 34.6. The summed E-state index contributed by atoms with van der Waals surface area (Å²) in [5.41, 5.74) is 0.501. The Hall–Kier alpha value is -2.03. The van der Waals surface area contributed by atoms with Gasteiger partial charge in [-0.25, -0.2) is 0 Å². The van der Waals surface area contributed by atoms with Crippen molar-refractivity contribution < 1.29 is 163 Å². The van der Waals surface area contributed by atoms with E-state index in [4.69, 9.17) is 66.3 Å². The lowest BCUT2D eigenvalue weighted by Gasteiger charge is -2.63. The molecule has 98 heavy (non-hydrogen) atoms. The Balaban J connectivity index is 0.771. The van der Waals surface area contributed by atoms with Crippen LogP contribution in [0.15, 0.2) is 11.1 Å². The van der Waals surface area contributed by atoms with Crippen LogP contribution in [0.25, 0.3) is 0 Å². The number of hydrogen-bond acceptors (Lipinski definition) is 33. The molecule has 562 valence electrons. The molecule has 0 aromatic rings. The van der Waals surface area contributed by atoms with Crippen molar-refractivity contribution in [1.29, 1.82) is 0 Å². The molecule has 33 heteroatoms. The Morgan fingerprint density at radius 2 is 1.01 bits per heavy atom. The molecule has 4 aliphatic carbocycles. The highest BCUT2D eigenvalue weighted by Gasteiger charge is 2.75. The summed E-state index contributed by atoms with van der Waals surface area (Å²) >= 11 is 0. The van der Waals surface area contributed by atoms with Crippen LogP contribution in [0.4, 0.5) is 0 Å². The van der Waals surface area contributed by atoms with Gasteiger partial charge in [-0.15, -0.1) is 0 Å². The monoisotopic (exact) mass is 1410 g/mol. The lowest BCUT2D eigenvalue weighted by Crippen LogP contribution is -2.69. The molecular weight excluding hydrogens is 1310 g/mol. The van der Waals surface area contributed by atoms with Gasteiger partial charge in [-0.1, -0.05) is 52.7 Å². The molecule has 18 N–H and O–H groups in total. The third-order valence-corrected chi connectivity index (χ3v) is 25.3. The van der Waals surface area contributed by atoms with Gasteiger partial charge < -0.3 is 158 Å². The van der Waals surface area contributed by atoms with Crippen LogP contribution in [-0.4, -0.2) is 333 Å². The minimum atomic E-state index is -2.16. The fraction of sp³-hybridized carbons (Fsp3) is 0.954. The Morgan fingerprint density at radius 3 is 1.63 bits per heavy atom. The number of aliphatic hydroxyl groups is 18. The lowest BCUT2D eigenvalue weighted by molar-refractivity contribution is -0.414. The minimum Gasteiger partial charge on any atom is -0.433 e. The molecular formula is C65H104O33. The summed E-state index contributed by atoms with van der Waals surface area (Å²) in [6.45, 7) is 9.77. The number of hydrogen-bond donors (Lipinski definition) is 18. The summed E-state index contributed by atoms with van der Waals surface area (Å²) in [5, 5.41) is 200. The second kappa shape index (κ2) is 28.4. The van der Waals surface area contributed by atoms with E-state index in [9.17, 15) is 96.7 Å². The molecule has 8 heterocycles. The Labute approximate surface area is 565 Å². The zero-order valence-electron chi connectivity index (χ0n) is 56.0. The van der Waals surface area contributed by atoms with Gasteiger partial charge >= 0.3 is 5.97 Å². The number of carbonyl (C=O) groups is 1. The molecule has 39 atom stereocenters. The van der Waals surface area contributed by atoms with Crippen LogP contribution in [0.1, 0.15) is 113 Å². The van der Waals surface area contributed by atoms with E-state index in [1.54, 1.807) is 0 Å². The van der Waals surface area contributed by atoms with Crippen molar-refractivity contribution in [3.05, 3.63) is 11.1 Å². The van der Waals surface area contributed by atoms with Gasteiger partial charge in [0, 0.05) is 23.7 Å². The van der Waals surface area contributed by atoms with Crippen LogP contribution in [0, 0.1) is 39.4 Å². The molecule has 0 unspecified atom stereocenters. The van der Waals surface area contributed by atoms with Gasteiger partial charge in [0.05, 0.1) is 63.4 Å². The fourth-order valence-electron chi connectivity index (χ4n) is 19.3. The Kier molecular flexibility index (Phi) is 21.9. The van der Waals surface area contributed by atoms with Crippen LogP contribution in [0.5, 0.6) is 0 Å². The summed E-state index contributed by atoms with van der Waals surface area (Å²) < 4.78 is 86.1. The van der Waals surface area contributed by atoms with E-state index in [0.717, 1.165) is 32.1 Å². The van der Waals surface area contributed by atoms with Crippen molar-refractivity contribution in [2.45, 2.75) is 308 Å². The Bertz CT molecular complexity index is 2810. The van der Waals surface area contributed by atoms with Crippen molar-refractivity contribution in [2.75, 3.05) is 39.6 Å². The maximum absolute atomic E-state index is 12.8. The van der Waals surface area contributed by atoms with Crippen LogP contribution >= 0.6 is 0 Å². The first-order chi connectivity index (χ1) is 46.2. The maximum atomic E-state index is 12.8. The van der Waals surface area contributed by atoms with E-state index >= 15 is 0 Å². The van der Waals surface area contributed by atoms with Crippen LogP contribution in [0.3, 0.4) is 0 Å². The second-order valence-electron chi connectivity index (χ2n) is 30.8. The van der Waals surface area contributed by atoms with Crippen molar-refractivity contribution in [2.24, 2.45) is 39.4 Å². The molecule has 0 radical (unpaired) electrons. The third-order valence-electron chi connectivity index (χ3n) is 25.3. The van der Waals surface area contributed by atoms with Gasteiger partial charge in [0.1, 0.15) is 134 Å². The van der Waals surface area contributed by atoms with Crippen molar-refractivity contribution in [3.8, 4) is 0 Å². The smallest absolute Gasteiger partial charge is 0.311 e. The molecule has 0 bridgehead atoms. The molecule has 2 spiro atoms. The molecule has 12 aliphatic rings. The van der Waals surface area contributed by atoms with Crippen LogP contribution in [0.2, 0.25) is 0 Å². The van der Waals surface area contributed by atoms with Gasteiger partial charge in [0.25, 0.3) is 0 Å². The summed E-state index contributed by atoms with van der Waals surface area (Å²) in [6.07, 6.45) is -49.0. The molecule has 2 saturated carbocycles.